The molecule has 0 heterocycles. The molecular weight excluding hydrogens is 244 g/mol. The number of Topliss-reactive ketones (excluding diaryl/α,β-unsaturated/α-hetero) is 1. The van der Waals surface area contributed by atoms with Crippen LogP contribution in [0.1, 0.15) is 12.8 Å². The summed E-state index contributed by atoms with van der Waals surface area (Å²) < 4.78 is 5.43. The number of hydrogen-bond donors (Lipinski definition) is 0. The maximum absolute atomic E-state index is 10.9. The molecule has 1 aromatic carbocycles. The summed E-state index contributed by atoms with van der Waals surface area (Å²) in [6.45, 7) is 0.600. The maximum atomic E-state index is 10.9. The zero-order chi connectivity index (χ0) is 10.2. The first-order chi connectivity index (χ1) is 6.83. The van der Waals surface area contributed by atoms with E-state index in [4.69, 9.17) is 4.74 Å². The Morgan fingerprint density at radius 3 is 2.64 bits per heavy atom. The van der Waals surface area contributed by atoms with Gasteiger partial charge in [-0.2, -0.15) is 0 Å². The van der Waals surface area contributed by atoms with Gasteiger partial charge in [-0.15, -0.1) is 0 Å². The Bertz CT molecular complexity index is 272. The van der Waals surface area contributed by atoms with Crippen LogP contribution in [0.5, 0.6) is 5.75 Å². The van der Waals surface area contributed by atoms with Crippen LogP contribution in [0.2, 0.25) is 0 Å². The third kappa shape index (κ3) is 4.42. The van der Waals surface area contributed by atoms with Crippen molar-refractivity contribution in [3.8, 4) is 5.75 Å². The summed E-state index contributed by atoms with van der Waals surface area (Å²) in [6.07, 6.45) is 1.36. The lowest BCUT2D eigenvalue weighted by Crippen LogP contribution is -2.03. The second-order valence-corrected chi connectivity index (χ2v) is 3.50. The number of hydrogen-bond acceptors (Lipinski definition) is 2. The lowest BCUT2D eigenvalue weighted by atomic mass is 10.2. The van der Waals surface area contributed by atoms with E-state index in [0.717, 1.165) is 12.2 Å². The van der Waals surface area contributed by atoms with Crippen LogP contribution in [0.4, 0.5) is 0 Å². The smallest absolute Gasteiger partial charge is 0.143 e. The predicted octanol–water partition coefficient (Wildman–Crippen LogP) is 2.81. The van der Waals surface area contributed by atoms with Gasteiger partial charge in [0.15, 0.2) is 0 Å². The summed E-state index contributed by atoms with van der Waals surface area (Å²) in [5.74, 6) is 1.08. The van der Waals surface area contributed by atoms with E-state index in [1.165, 1.54) is 0 Å². The Morgan fingerprint density at radius 2 is 2.00 bits per heavy atom. The van der Waals surface area contributed by atoms with Crippen LogP contribution in [0, 0.1) is 0 Å². The van der Waals surface area contributed by atoms with Crippen LogP contribution in [0.3, 0.4) is 0 Å². The molecule has 0 saturated carbocycles. The average molecular weight is 257 g/mol. The van der Waals surface area contributed by atoms with Gasteiger partial charge in [0.25, 0.3) is 0 Å². The summed E-state index contributed by atoms with van der Waals surface area (Å²) in [6, 6.07) is 9.62. The topological polar surface area (TPSA) is 26.3 Å². The fraction of sp³-hybridized carbons (Fsp3) is 0.364. The molecule has 1 aromatic rings. The summed E-state index contributed by atoms with van der Waals surface area (Å²) in [4.78, 5) is 10.9. The summed E-state index contributed by atoms with van der Waals surface area (Å²) in [7, 11) is 0. The van der Waals surface area contributed by atoms with Crippen molar-refractivity contribution < 1.29 is 9.53 Å². The van der Waals surface area contributed by atoms with E-state index in [2.05, 4.69) is 15.9 Å². The van der Waals surface area contributed by atoms with Crippen molar-refractivity contribution in [1.29, 1.82) is 0 Å². The molecule has 0 spiro atoms. The molecule has 0 aliphatic carbocycles. The van der Waals surface area contributed by atoms with Gasteiger partial charge >= 0.3 is 0 Å². The van der Waals surface area contributed by atoms with E-state index < -0.39 is 0 Å². The molecule has 2 nitrogen and oxygen atoms in total. The average Bonchev–Trinajstić information content (AvgIpc) is 2.25. The minimum atomic E-state index is 0.224. The molecule has 0 amide bonds. The molecule has 0 bridgehead atoms. The molecule has 0 unspecified atom stereocenters. The van der Waals surface area contributed by atoms with Crippen LogP contribution < -0.4 is 4.74 Å². The molecule has 76 valence electrons. The normalized spacial score (nSPS) is 9.79. The first kappa shape index (κ1) is 11.2. The van der Waals surface area contributed by atoms with Gasteiger partial charge < -0.3 is 4.74 Å². The molecule has 1 rings (SSSR count). The summed E-state index contributed by atoms with van der Waals surface area (Å²) >= 11 is 3.12. The van der Waals surface area contributed by atoms with Crippen LogP contribution in [-0.2, 0) is 4.79 Å². The van der Waals surface area contributed by atoms with Gasteiger partial charge in [0.1, 0.15) is 11.5 Å². The predicted molar refractivity (Wildman–Crippen MR) is 60.0 cm³/mol. The molecule has 14 heavy (non-hydrogen) atoms. The third-order valence-corrected chi connectivity index (χ3v) is 2.39. The van der Waals surface area contributed by atoms with Gasteiger partial charge in [-0.25, -0.2) is 0 Å². The number of alkyl halides is 1. The number of ether oxygens (including phenoxy) is 1. The largest absolute Gasteiger partial charge is 0.494 e. The highest BCUT2D eigenvalue weighted by molar-refractivity contribution is 9.09. The number of carbonyl (C=O) groups excluding carboxylic acids is 1. The van der Waals surface area contributed by atoms with Crippen LogP contribution >= 0.6 is 15.9 Å². The fourth-order valence-corrected chi connectivity index (χ4v) is 1.32. The highest BCUT2D eigenvalue weighted by Crippen LogP contribution is 2.08. The molecule has 0 N–H and O–H groups in total. The van der Waals surface area contributed by atoms with Crippen LogP contribution in [0.15, 0.2) is 30.3 Å². The Balaban J connectivity index is 2.13. The van der Waals surface area contributed by atoms with E-state index in [9.17, 15) is 4.79 Å². The van der Waals surface area contributed by atoms with Gasteiger partial charge in [-0.3, -0.25) is 4.79 Å². The van der Waals surface area contributed by atoms with Crippen molar-refractivity contribution in [1.82, 2.24) is 0 Å². The molecular formula is C11H13BrO2. The highest BCUT2D eigenvalue weighted by Gasteiger charge is 1.98. The van der Waals surface area contributed by atoms with Gasteiger partial charge in [-0.1, -0.05) is 34.1 Å². The molecule has 0 aliphatic rings. The Hall–Kier alpha value is -0.830. The molecule has 0 atom stereocenters. The summed E-state index contributed by atoms with van der Waals surface area (Å²) in [5, 5.41) is 0.443. The van der Waals surface area contributed by atoms with Crippen molar-refractivity contribution >= 4 is 21.7 Å². The standard InChI is InChI=1S/C11H13BrO2/c12-9-10(13)5-4-8-14-11-6-2-1-3-7-11/h1-3,6-7H,4-5,8-9H2. The number of benzene rings is 1. The second-order valence-electron chi connectivity index (χ2n) is 2.94. The minimum Gasteiger partial charge on any atom is -0.494 e. The Morgan fingerprint density at radius 1 is 1.29 bits per heavy atom. The van der Waals surface area contributed by atoms with E-state index in [-0.39, 0.29) is 5.78 Å². The fourth-order valence-electron chi connectivity index (χ4n) is 1.04. The van der Waals surface area contributed by atoms with Gasteiger partial charge in [-0.05, 0) is 18.6 Å². The molecule has 0 radical (unpaired) electrons. The number of halogens is 1. The van der Waals surface area contributed by atoms with Crippen molar-refractivity contribution in [2.24, 2.45) is 0 Å². The number of ketones is 1. The zero-order valence-corrected chi connectivity index (χ0v) is 9.50. The first-order valence-corrected chi connectivity index (χ1v) is 5.70. The monoisotopic (exact) mass is 256 g/mol. The van der Waals surface area contributed by atoms with Crippen molar-refractivity contribution in [2.45, 2.75) is 12.8 Å². The number of rotatable bonds is 6. The quantitative estimate of drug-likeness (QED) is 0.578. The Labute approximate surface area is 92.4 Å². The van der Waals surface area contributed by atoms with Gasteiger partial charge in [0, 0.05) is 6.42 Å². The lowest BCUT2D eigenvalue weighted by molar-refractivity contribution is -0.116. The van der Waals surface area contributed by atoms with Crippen LogP contribution in [-0.4, -0.2) is 17.7 Å². The third-order valence-electron chi connectivity index (χ3n) is 1.76. The Kier molecular flexibility index (Phi) is 5.30. The van der Waals surface area contributed by atoms with E-state index in [1.54, 1.807) is 0 Å². The van der Waals surface area contributed by atoms with E-state index in [1.807, 2.05) is 30.3 Å². The lowest BCUT2D eigenvalue weighted by Gasteiger charge is -2.04. The maximum Gasteiger partial charge on any atom is 0.143 e. The van der Waals surface area contributed by atoms with E-state index >= 15 is 0 Å². The van der Waals surface area contributed by atoms with E-state index in [0.29, 0.717) is 18.4 Å². The first-order valence-electron chi connectivity index (χ1n) is 4.58. The second kappa shape index (κ2) is 6.60. The molecule has 0 aromatic heterocycles. The van der Waals surface area contributed by atoms with Crippen molar-refractivity contribution in [3.63, 3.8) is 0 Å². The highest BCUT2D eigenvalue weighted by atomic mass is 79.9. The van der Waals surface area contributed by atoms with Crippen molar-refractivity contribution in [3.05, 3.63) is 30.3 Å². The number of carbonyl (C=O) groups is 1. The van der Waals surface area contributed by atoms with Crippen molar-refractivity contribution in [2.75, 3.05) is 11.9 Å². The molecule has 3 heteroatoms. The molecule has 0 aliphatic heterocycles. The number of para-hydroxylation sites is 1. The molecule has 0 saturated heterocycles. The molecule has 0 fully saturated rings. The zero-order valence-electron chi connectivity index (χ0n) is 7.91. The van der Waals surface area contributed by atoms with Gasteiger partial charge in [0.2, 0.25) is 0 Å². The minimum absolute atomic E-state index is 0.224. The van der Waals surface area contributed by atoms with Gasteiger partial charge in [0.05, 0.1) is 11.9 Å². The summed E-state index contributed by atoms with van der Waals surface area (Å²) in [5.41, 5.74) is 0. The van der Waals surface area contributed by atoms with Crippen LogP contribution in [0.25, 0.3) is 0 Å². The SMILES string of the molecule is O=C(CBr)CCCOc1ccccc1.